The number of benzene rings is 2. The maximum atomic E-state index is 13.8. The summed E-state index contributed by atoms with van der Waals surface area (Å²) in [6.45, 7) is 0.277. The van der Waals surface area contributed by atoms with Gasteiger partial charge in [0.15, 0.2) is 0 Å². The fourth-order valence-electron chi connectivity index (χ4n) is 2.22. The monoisotopic (exact) mass is 379 g/mol. The minimum atomic E-state index is -1.06. The Morgan fingerprint density at radius 2 is 1.67 bits per heavy atom. The predicted molar refractivity (Wildman–Crippen MR) is 94.1 cm³/mol. The van der Waals surface area contributed by atoms with Gasteiger partial charge in [-0.2, -0.15) is 0 Å². The van der Waals surface area contributed by atoms with Crippen molar-refractivity contribution in [2.75, 3.05) is 26.1 Å². The molecule has 1 amide bonds. The fraction of sp³-hybridized carbons (Fsp3) is 0.263. The van der Waals surface area contributed by atoms with Crippen molar-refractivity contribution in [1.82, 2.24) is 0 Å². The molecule has 0 radical (unpaired) electrons. The van der Waals surface area contributed by atoms with E-state index in [4.69, 9.17) is 9.47 Å². The van der Waals surface area contributed by atoms with Crippen molar-refractivity contribution in [2.45, 2.75) is 12.8 Å². The predicted octanol–water partition coefficient (Wildman–Crippen LogP) is 3.56. The van der Waals surface area contributed by atoms with Crippen LogP contribution < -0.4 is 14.8 Å². The van der Waals surface area contributed by atoms with Crippen LogP contribution in [-0.4, -0.2) is 32.7 Å². The molecular weight excluding hydrogens is 360 g/mol. The lowest BCUT2D eigenvalue weighted by Crippen LogP contribution is -2.15. The van der Waals surface area contributed by atoms with Crippen LogP contribution in [0, 0.1) is 11.6 Å². The van der Waals surface area contributed by atoms with Gasteiger partial charge < -0.3 is 19.5 Å². The maximum absolute atomic E-state index is 13.8. The largest absolute Gasteiger partial charge is 0.497 e. The molecule has 0 unspecified atom stereocenters. The van der Waals surface area contributed by atoms with Gasteiger partial charge in [-0.05, 0) is 36.8 Å². The third-order valence-corrected chi connectivity index (χ3v) is 3.61. The van der Waals surface area contributed by atoms with E-state index in [9.17, 15) is 18.4 Å². The molecule has 0 bridgehead atoms. The number of hydrogen-bond donors (Lipinski definition) is 1. The SMILES string of the molecule is COC(=O)c1cc(NC(=O)CCCOc2ccc(OC)cc2)c(F)cc1F. The summed E-state index contributed by atoms with van der Waals surface area (Å²) in [5.74, 6) is -2.17. The van der Waals surface area contributed by atoms with Gasteiger partial charge in [-0.3, -0.25) is 4.79 Å². The van der Waals surface area contributed by atoms with E-state index < -0.39 is 29.1 Å². The van der Waals surface area contributed by atoms with Crippen LogP contribution in [0.5, 0.6) is 11.5 Å². The summed E-state index contributed by atoms with van der Waals surface area (Å²) >= 11 is 0. The third-order valence-electron chi connectivity index (χ3n) is 3.61. The Kier molecular flexibility index (Phi) is 7.10. The first-order valence-corrected chi connectivity index (χ1v) is 8.08. The van der Waals surface area contributed by atoms with E-state index in [1.54, 1.807) is 31.4 Å². The van der Waals surface area contributed by atoms with Crippen LogP contribution in [0.1, 0.15) is 23.2 Å². The van der Waals surface area contributed by atoms with Gasteiger partial charge in [0.2, 0.25) is 5.91 Å². The van der Waals surface area contributed by atoms with Crippen LogP contribution in [0.25, 0.3) is 0 Å². The Bertz CT molecular complexity index is 808. The zero-order valence-corrected chi connectivity index (χ0v) is 14.9. The quantitative estimate of drug-likeness (QED) is 0.561. The molecule has 0 fully saturated rings. The van der Waals surface area contributed by atoms with Crippen LogP contribution in [-0.2, 0) is 9.53 Å². The lowest BCUT2D eigenvalue weighted by atomic mass is 10.1. The zero-order valence-electron chi connectivity index (χ0n) is 14.9. The van der Waals surface area contributed by atoms with E-state index in [-0.39, 0.29) is 18.7 Å². The third kappa shape index (κ3) is 5.67. The smallest absolute Gasteiger partial charge is 0.340 e. The topological polar surface area (TPSA) is 73.9 Å². The summed E-state index contributed by atoms with van der Waals surface area (Å²) in [5.41, 5.74) is -0.755. The summed E-state index contributed by atoms with van der Waals surface area (Å²) in [7, 11) is 2.64. The molecule has 2 aromatic rings. The average Bonchev–Trinajstić information content (AvgIpc) is 2.67. The molecule has 0 saturated heterocycles. The molecule has 0 aliphatic heterocycles. The van der Waals surface area contributed by atoms with Crippen LogP contribution in [0.15, 0.2) is 36.4 Å². The lowest BCUT2D eigenvalue weighted by molar-refractivity contribution is -0.116. The van der Waals surface area contributed by atoms with Crippen molar-refractivity contribution in [3.63, 3.8) is 0 Å². The summed E-state index contributed by atoms with van der Waals surface area (Å²) in [4.78, 5) is 23.4. The van der Waals surface area contributed by atoms with Crippen molar-refractivity contribution in [1.29, 1.82) is 0 Å². The van der Waals surface area contributed by atoms with Crippen molar-refractivity contribution in [3.8, 4) is 11.5 Å². The second-order valence-electron chi connectivity index (χ2n) is 5.48. The number of amides is 1. The summed E-state index contributed by atoms with van der Waals surface area (Å²) in [6.07, 6.45) is 0.436. The number of hydrogen-bond acceptors (Lipinski definition) is 5. The second kappa shape index (κ2) is 9.51. The molecule has 6 nitrogen and oxygen atoms in total. The number of ether oxygens (including phenoxy) is 3. The highest BCUT2D eigenvalue weighted by Gasteiger charge is 2.17. The van der Waals surface area contributed by atoms with Gasteiger partial charge in [0.1, 0.15) is 23.1 Å². The first kappa shape index (κ1) is 20.2. The molecule has 0 aliphatic rings. The summed E-state index contributed by atoms with van der Waals surface area (Å²) in [6, 6.07) is 8.40. The molecule has 2 rings (SSSR count). The van der Waals surface area contributed by atoms with E-state index in [0.717, 1.165) is 13.2 Å². The molecular formula is C19H19F2NO5. The first-order valence-electron chi connectivity index (χ1n) is 8.08. The van der Waals surface area contributed by atoms with E-state index in [0.29, 0.717) is 24.0 Å². The van der Waals surface area contributed by atoms with Crippen molar-refractivity contribution in [3.05, 3.63) is 53.6 Å². The number of rotatable bonds is 8. The first-order chi connectivity index (χ1) is 12.9. The highest BCUT2D eigenvalue weighted by molar-refractivity contribution is 5.94. The number of esters is 1. The summed E-state index contributed by atoms with van der Waals surface area (Å²) < 4.78 is 42.3. The Balaban J connectivity index is 1.85. The van der Waals surface area contributed by atoms with Gasteiger partial charge in [-0.15, -0.1) is 0 Å². The van der Waals surface area contributed by atoms with Crippen LogP contribution >= 0.6 is 0 Å². The van der Waals surface area contributed by atoms with Gasteiger partial charge in [0, 0.05) is 12.5 Å². The van der Waals surface area contributed by atoms with Gasteiger partial charge in [-0.25, -0.2) is 13.6 Å². The van der Waals surface area contributed by atoms with Crippen molar-refractivity contribution < 1.29 is 32.6 Å². The minimum Gasteiger partial charge on any atom is -0.497 e. The Hall–Kier alpha value is -3.16. The van der Waals surface area contributed by atoms with E-state index in [1.165, 1.54) is 0 Å². The number of carbonyl (C=O) groups excluding carboxylic acids is 2. The fourth-order valence-corrected chi connectivity index (χ4v) is 2.22. The highest BCUT2D eigenvalue weighted by atomic mass is 19.1. The molecule has 0 atom stereocenters. The van der Waals surface area contributed by atoms with Gasteiger partial charge in [0.05, 0.1) is 32.1 Å². The van der Waals surface area contributed by atoms with Crippen LogP contribution in [0.3, 0.4) is 0 Å². The number of anilines is 1. The standard InChI is InChI=1S/C19H19F2NO5/c1-25-12-5-7-13(8-6-12)27-9-3-4-18(23)22-17-10-14(19(24)26-2)15(20)11-16(17)21/h5-8,10-11H,3-4,9H2,1-2H3,(H,22,23). The van der Waals surface area contributed by atoms with Crippen LogP contribution in [0.2, 0.25) is 0 Å². The molecule has 0 saturated carbocycles. The molecule has 27 heavy (non-hydrogen) atoms. The van der Waals surface area contributed by atoms with E-state index >= 15 is 0 Å². The number of carbonyl (C=O) groups is 2. The Morgan fingerprint density at radius 1 is 1.00 bits per heavy atom. The molecule has 1 N–H and O–H groups in total. The van der Waals surface area contributed by atoms with Gasteiger partial charge in [-0.1, -0.05) is 0 Å². The van der Waals surface area contributed by atoms with Gasteiger partial charge in [0.25, 0.3) is 0 Å². The van der Waals surface area contributed by atoms with Crippen LogP contribution in [0.4, 0.5) is 14.5 Å². The van der Waals surface area contributed by atoms with Crippen molar-refractivity contribution in [2.24, 2.45) is 0 Å². The molecule has 0 aliphatic carbocycles. The minimum absolute atomic E-state index is 0.0561. The molecule has 0 spiro atoms. The van der Waals surface area contributed by atoms with Crippen molar-refractivity contribution >= 4 is 17.6 Å². The zero-order chi connectivity index (χ0) is 19.8. The molecule has 0 heterocycles. The summed E-state index contributed by atoms with van der Waals surface area (Å²) in [5, 5.41) is 2.31. The molecule has 2 aromatic carbocycles. The Labute approximate surface area is 155 Å². The highest BCUT2D eigenvalue weighted by Crippen LogP contribution is 2.21. The van der Waals surface area contributed by atoms with E-state index in [1.807, 2.05) is 0 Å². The maximum Gasteiger partial charge on any atom is 0.340 e. The number of nitrogens with one attached hydrogen (secondary N) is 1. The average molecular weight is 379 g/mol. The molecule has 0 aromatic heterocycles. The van der Waals surface area contributed by atoms with Gasteiger partial charge >= 0.3 is 5.97 Å². The molecule has 144 valence electrons. The normalized spacial score (nSPS) is 10.2. The lowest BCUT2D eigenvalue weighted by Gasteiger charge is -2.10. The van der Waals surface area contributed by atoms with E-state index in [2.05, 4.69) is 10.1 Å². The molecule has 8 heteroatoms. The Morgan fingerprint density at radius 3 is 2.30 bits per heavy atom. The number of methoxy groups -OCH3 is 2. The second-order valence-corrected chi connectivity index (χ2v) is 5.48. The number of halogens is 2.